The monoisotopic (exact) mass is 344 g/mol. The molecule has 128 valence electrons. The highest BCUT2D eigenvalue weighted by Crippen LogP contribution is 2.27. The highest BCUT2D eigenvalue weighted by molar-refractivity contribution is 7.11. The van der Waals surface area contributed by atoms with Crippen molar-refractivity contribution in [1.29, 1.82) is 0 Å². The summed E-state index contributed by atoms with van der Waals surface area (Å²) >= 11 is 1.82. The van der Waals surface area contributed by atoms with E-state index in [2.05, 4.69) is 20.5 Å². The number of amides is 1. The van der Waals surface area contributed by atoms with Crippen molar-refractivity contribution in [1.82, 2.24) is 20.5 Å². The summed E-state index contributed by atoms with van der Waals surface area (Å²) in [4.78, 5) is 18.2. The minimum Gasteiger partial charge on any atom is -0.356 e. The molecule has 5 nitrogen and oxygen atoms in total. The summed E-state index contributed by atoms with van der Waals surface area (Å²) in [5.41, 5.74) is 5.04. The van der Waals surface area contributed by atoms with Gasteiger partial charge in [-0.2, -0.15) is 5.10 Å². The predicted molar refractivity (Wildman–Crippen MR) is 94.4 cm³/mol. The molecule has 2 aliphatic rings. The zero-order valence-corrected chi connectivity index (χ0v) is 14.8. The average Bonchev–Trinajstić information content (AvgIpc) is 3.27. The van der Waals surface area contributed by atoms with Gasteiger partial charge in [-0.15, -0.1) is 11.3 Å². The van der Waals surface area contributed by atoms with E-state index in [1.54, 1.807) is 0 Å². The smallest absolute Gasteiger partial charge is 0.220 e. The topological polar surface area (TPSA) is 70.7 Å². The quantitative estimate of drug-likeness (QED) is 0.846. The Kier molecular flexibility index (Phi) is 4.65. The van der Waals surface area contributed by atoms with Crippen molar-refractivity contribution in [2.45, 2.75) is 64.2 Å². The van der Waals surface area contributed by atoms with Gasteiger partial charge in [-0.3, -0.25) is 9.89 Å². The third kappa shape index (κ3) is 3.38. The van der Waals surface area contributed by atoms with Gasteiger partial charge in [0.25, 0.3) is 0 Å². The van der Waals surface area contributed by atoms with Gasteiger partial charge < -0.3 is 5.32 Å². The minimum atomic E-state index is 0.117. The lowest BCUT2D eigenvalue weighted by atomic mass is 9.95. The molecule has 6 heteroatoms. The molecule has 2 aromatic heterocycles. The van der Waals surface area contributed by atoms with Crippen molar-refractivity contribution in [3.63, 3.8) is 0 Å². The van der Waals surface area contributed by atoms with Gasteiger partial charge in [0.1, 0.15) is 0 Å². The molecule has 0 aromatic carbocycles. The number of aryl methyl sites for hydroxylation is 4. The van der Waals surface area contributed by atoms with E-state index in [9.17, 15) is 4.79 Å². The SMILES string of the molecule is O=C(CCc1n[nH]c2c1CCCC2)NCCc1nc2c(s1)CCC2. The number of carbonyl (C=O) groups excluding carboxylic acids is 1. The van der Waals surface area contributed by atoms with Gasteiger partial charge in [-0.1, -0.05) is 0 Å². The molecule has 2 N–H and O–H groups in total. The van der Waals surface area contributed by atoms with E-state index in [1.807, 2.05) is 11.3 Å². The number of thiazole rings is 1. The van der Waals surface area contributed by atoms with Crippen molar-refractivity contribution in [2.24, 2.45) is 0 Å². The molecule has 0 radical (unpaired) electrons. The van der Waals surface area contributed by atoms with Gasteiger partial charge in [0.15, 0.2) is 0 Å². The fourth-order valence-electron chi connectivity index (χ4n) is 3.74. The summed E-state index contributed by atoms with van der Waals surface area (Å²) in [6.07, 6.45) is 10.4. The Labute approximate surface area is 146 Å². The molecule has 0 unspecified atom stereocenters. The van der Waals surface area contributed by atoms with E-state index >= 15 is 0 Å². The van der Waals surface area contributed by atoms with Gasteiger partial charge in [0.05, 0.1) is 16.4 Å². The number of carbonyl (C=O) groups is 1. The molecule has 0 aliphatic heterocycles. The van der Waals surface area contributed by atoms with E-state index in [0.717, 1.165) is 37.8 Å². The van der Waals surface area contributed by atoms with Gasteiger partial charge >= 0.3 is 0 Å². The summed E-state index contributed by atoms with van der Waals surface area (Å²) in [7, 11) is 0. The van der Waals surface area contributed by atoms with Crippen LogP contribution < -0.4 is 5.32 Å². The van der Waals surface area contributed by atoms with E-state index in [0.29, 0.717) is 13.0 Å². The highest BCUT2D eigenvalue weighted by atomic mass is 32.1. The van der Waals surface area contributed by atoms with E-state index < -0.39 is 0 Å². The van der Waals surface area contributed by atoms with Crippen LogP contribution in [0.15, 0.2) is 0 Å². The Morgan fingerprint density at radius 1 is 1.12 bits per heavy atom. The normalized spacial score (nSPS) is 16.0. The fraction of sp³-hybridized carbons (Fsp3) is 0.611. The number of aromatic nitrogens is 3. The summed E-state index contributed by atoms with van der Waals surface area (Å²) in [6.45, 7) is 0.684. The first-order valence-corrected chi connectivity index (χ1v) is 9.90. The Balaban J connectivity index is 1.21. The van der Waals surface area contributed by atoms with Crippen molar-refractivity contribution in [3.05, 3.63) is 32.5 Å². The van der Waals surface area contributed by atoms with Crippen LogP contribution in [0.4, 0.5) is 0 Å². The van der Waals surface area contributed by atoms with Crippen molar-refractivity contribution in [3.8, 4) is 0 Å². The molecule has 0 spiro atoms. The van der Waals surface area contributed by atoms with E-state index in [-0.39, 0.29) is 5.91 Å². The molecule has 2 aromatic rings. The zero-order valence-electron chi connectivity index (χ0n) is 14.0. The number of fused-ring (bicyclic) bond motifs is 2. The second-order valence-electron chi connectivity index (χ2n) is 6.77. The molecular formula is C18H24N4OS. The first-order chi connectivity index (χ1) is 11.8. The maximum atomic E-state index is 12.1. The van der Waals surface area contributed by atoms with E-state index in [4.69, 9.17) is 0 Å². The summed E-state index contributed by atoms with van der Waals surface area (Å²) in [5, 5.41) is 11.8. The molecule has 24 heavy (non-hydrogen) atoms. The third-order valence-corrected chi connectivity index (χ3v) is 6.25. The van der Waals surface area contributed by atoms with Gasteiger partial charge in [0.2, 0.25) is 5.91 Å². The molecule has 0 bridgehead atoms. The van der Waals surface area contributed by atoms with Gasteiger partial charge in [-0.25, -0.2) is 4.98 Å². The fourth-order valence-corrected chi connectivity index (χ4v) is 4.89. The lowest BCUT2D eigenvalue weighted by molar-refractivity contribution is -0.121. The molecule has 0 saturated heterocycles. The van der Waals surface area contributed by atoms with Crippen LogP contribution in [0, 0.1) is 0 Å². The molecule has 0 saturated carbocycles. The third-order valence-electron chi connectivity index (χ3n) is 5.03. The van der Waals surface area contributed by atoms with Crippen LogP contribution in [-0.4, -0.2) is 27.6 Å². The largest absolute Gasteiger partial charge is 0.356 e. The Hall–Kier alpha value is -1.69. The molecular weight excluding hydrogens is 320 g/mol. The molecule has 2 heterocycles. The van der Waals surface area contributed by atoms with Crippen LogP contribution >= 0.6 is 11.3 Å². The Morgan fingerprint density at radius 3 is 2.96 bits per heavy atom. The number of rotatable bonds is 6. The van der Waals surface area contributed by atoms with Crippen LogP contribution in [0.1, 0.15) is 58.2 Å². The van der Waals surface area contributed by atoms with Crippen molar-refractivity contribution >= 4 is 17.2 Å². The Bertz CT molecular complexity index is 712. The molecule has 0 fully saturated rings. The molecule has 0 atom stereocenters. The summed E-state index contributed by atoms with van der Waals surface area (Å²) in [5.74, 6) is 0.117. The maximum absolute atomic E-state index is 12.1. The van der Waals surface area contributed by atoms with Crippen LogP contribution in [0.25, 0.3) is 0 Å². The van der Waals surface area contributed by atoms with Crippen molar-refractivity contribution in [2.75, 3.05) is 6.54 Å². The minimum absolute atomic E-state index is 0.117. The number of H-pyrrole nitrogens is 1. The number of nitrogens with zero attached hydrogens (tertiary/aromatic N) is 2. The second-order valence-corrected chi connectivity index (χ2v) is 7.93. The first kappa shape index (κ1) is 15.8. The van der Waals surface area contributed by atoms with Gasteiger partial charge in [-0.05, 0) is 50.5 Å². The predicted octanol–water partition coefficient (Wildman–Crippen LogP) is 2.53. The lowest BCUT2D eigenvalue weighted by Gasteiger charge is -2.11. The molecule has 1 amide bonds. The second kappa shape index (κ2) is 7.05. The van der Waals surface area contributed by atoms with Crippen LogP contribution in [-0.2, 0) is 43.3 Å². The number of hydrogen-bond donors (Lipinski definition) is 2. The number of hydrogen-bond acceptors (Lipinski definition) is 4. The van der Waals surface area contributed by atoms with Crippen LogP contribution in [0.2, 0.25) is 0 Å². The standard InChI is InChI=1S/C18H24N4OS/c23-17(9-8-14-12-4-1-2-5-13(12)21-22-14)19-11-10-18-20-15-6-3-7-16(15)24-18/h1-11H2,(H,19,23)(H,21,22). The summed E-state index contributed by atoms with van der Waals surface area (Å²) in [6, 6.07) is 0. The lowest BCUT2D eigenvalue weighted by Crippen LogP contribution is -2.26. The molecule has 4 rings (SSSR count). The van der Waals surface area contributed by atoms with Gasteiger partial charge in [0, 0.05) is 36.4 Å². The summed E-state index contributed by atoms with van der Waals surface area (Å²) < 4.78 is 0. The number of nitrogens with one attached hydrogen (secondary N) is 2. The molecule has 2 aliphatic carbocycles. The van der Waals surface area contributed by atoms with Crippen LogP contribution in [0.3, 0.4) is 0 Å². The van der Waals surface area contributed by atoms with Crippen LogP contribution in [0.5, 0.6) is 0 Å². The average molecular weight is 344 g/mol. The van der Waals surface area contributed by atoms with E-state index in [1.165, 1.54) is 52.5 Å². The Morgan fingerprint density at radius 2 is 2.04 bits per heavy atom. The maximum Gasteiger partial charge on any atom is 0.220 e. The zero-order chi connectivity index (χ0) is 16.4. The number of aromatic amines is 1. The first-order valence-electron chi connectivity index (χ1n) is 9.09. The van der Waals surface area contributed by atoms with Crippen molar-refractivity contribution < 1.29 is 4.79 Å². The highest BCUT2D eigenvalue weighted by Gasteiger charge is 2.18.